The Kier molecular flexibility index (Phi) is 6.89. The first kappa shape index (κ1) is 25.5. The van der Waals surface area contributed by atoms with E-state index in [0.717, 1.165) is 16.8 Å². The third-order valence-electron chi connectivity index (χ3n) is 5.80. The largest absolute Gasteiger partial charge is 0.324 e. The van der Waals surface area contributed by atoms with Crippen LogP contribution in [0.1, 0.15) is 37.6 Å². The van der Waals surface area contributed by atoms with Gasteiger partial charge in [0.1, 0.15) is 5.82 Å². The Morgan fingerprint density at radius 2 is 1.80 bits per heavy atom. The molecule has 0 radical (unpaired) electrons. The summed E-state index contributed by atoms with van der Waals surface area (Å²) in [5.41, 5.74) is 3.62. The van der Waals surface area contributed by atoms with Crippen molar-refractivity contribution in [2.24, 2.45) is 0 Å². The predicted octanol–water partition coefficient (Wildman–Crippen LogP) is 5.44. The van der Waals surface area contributed by atoms with Gasteiger partial charge in [-0.1, -0.05) is 56.1 Å². The van der Waals surface area contributed by atoms with Gasteiger partial charge in [0.15, 0.2) is 0 Å². The van der Waals surface area contributed by atoms with Crippen LogP contribution in [0, 0.1) is 0 Å². The lowest BCUT2D eigenvalue weighted by Crippen LogP contribution is -2.35. The number of nitrogens with one attached hydrogen (secondary N) is 2. The average molecular weight is 536 g/mol. The summed E-state index contributed by atoms with van der Waals surface area (Å²) in [6, 6.07) is 12.1. The van der Waals surface area contributed by atoms with E-state index >= 15 is 0 Å². The number of rotatable bonds is 4. The van der Waals surface area contributed by atoms with E-state index in [-0.39, 0.29) is 10.4 Å². The van der Waals surface area contributed by atoms with E-state index in [9.17, 15) is 13.2 Å². The van der Waals surface area contributed by atoms with E-state index in [1.54, 1.807) is 22.9 Å². The second kappa shape index (κ2) is 9.46. The molecule has 0 aliphatic carbocycles. The first-order valence-electron chi connectivity index (χ1n) is 11.0. The molecule has 2 aromatic carbocycles. The Labute approximate surface area is 215 Å². The van der Waals surface area contributed by atoms with Crippen molar-refractivity contribution in [3.8, 4) is 5.69 Å². The number of benzene rings is 2. The van der Waals surface area contributed by atoms with Crippen molar-refractivity contribution in [1.82, 2.24) is 14.1 Å². The van der Waals surface area contributed by atoms with Gasteiger partial charge in [-0.05, 0) is 41.8 Å². The van der Waals surface area contributed by atoms with E-state index in [1.807, 2.05) is 45.0 Å². The third kappa shape index (κ3) is 5.64. The molecule has 0 atom stereocenters. The fourth-order valence-corrected chi connectivity index (χ4v) is 4.98. The zero-order chi connectivity index (χ0) is 25.5. The highest BCUT2D eigenvalue weighted by Crippen LogP contribution is 2.31. The highest BCUT2D eigenvalue weighted by Gasteiger charge is 2.25. The number of aromatic nitrogens is 2. The summed E-state index contributed by atoms with van der Waals surface area (Å²) in [4.78, 5) is 12.8. The summed E-state index contributed by atoms with van der Waals surface area (Å²) in [5.74, 6) is 0.460. The molecule has 0 saturated carbocycles. The predicted molar refractivity (Wildman–Crippen MR) is 140 cm³/mol. The van der Waals surface area contributed by atoms with Gasteiger partial charge in [-0.25, -0.2) is 17.9 Å². The van der Waals surface area contributed by atoms with Crippen LogP contribution in [0.25, 0.3) is 5.69 Å². The first-order valence-corrected chi connectivity index (χ1v) is 13.6. The molecule has 8 nitrogen and oxygen atoms in total. The lowest BCUT2D eigenvalue weighted by Gasteiger charge is -2.27. The number of carbonyl (C=O) groups is 1. The SMILES string of the molecule is CC(C)(C)c1cc(NC(=O)Nc2cccc(Cl)c2Cl)n(-c2ccc3c(c2)CN(S(C)(=O)=O)CC3)n1. The number of fused-ring (bicyclic) bond motifs is 1. The number of hydrogen-bond acceptors (Lipinski definition) is 4. The summed E-state index contributed by atoms with van der Waals surface area (Å²) >= 11 is 12.3. The molecule has 2 N–H and O–H groups in total. The molecular formula is C24H27Cl2N5O3S. The van der Waals surface area contributed by atoms with Crippen LogP contribution >= 0.6 is 23.2 Å². The molecular weight excluding hydrogens is 509 g/mol. The van der Waals surface area contributed by atoms with E-state index in [4.69, 9.17) is 28.3 Å². The quantitative estimate of drug-likeness (QED) is 0.464. The van der Waals surface area contributed by atoms with Crippen molar-refractivity contribution in [3.63, 3.8) is 0 Å². The van der Waals surface area contributed by atoms with Crippen LogP contribution in [-0.2, 0) is 28.4 Å². The van der Waals surface area contributed by atoms with Gasteiger partial charge in [0, 0.05) is 24.6 Å². The van der Waals surface area contributed by atoms with Crippen LogP contribution in [0.4, 0.5) is 16.3 Å². The smallest absolute Gasteiger partial charge is 0.306 e. The van der Waals surface area contributed by atoms with Gasteiger partial charge >= 0.3 is 6.03 Å². The Morgan fingerprint density at radius 1 is 1.06 bits per heavy atom. The molecule has 2 amide bonds. The number of urea groups is 1. The Bertz CT molecular complexity index is 1400. The summed E-state index contributed by atoms with van der Waals surface area (Å²) < 4.78 is 27.3. The molecule has 3 aromatic rings. The van der Waals surface area contributed by atoms with Crippen LogP contribution in [0.15, 0.2) is 42.5 Å². The maximum absolute atomic E-state index is 12.8. The first-order chi connectivity index (χ1) is 16.3. The fourth-order valence-electron chi connectivity index (χ4n) is 3.84. The Balaban J connectivity index is 1.67. The van der Waals surface area contributed by atoms with Crippen molar-refractivity contribution in [1.29, 1.82) is 0 Å². The third-order valence-corrected chi connectivity index (χ3v) is 7.87. The average Bonchev–Trinajstić information content (AvgIpc) is 3.19. The second-order valence-corrected chi connectivity index (χ2v) is 12.3. The molecule has 1 aliphatic heterocycles. The normalized spacial score (nSPS) is 14.5. The van der Waals surface area contributed by atoms with E-state index < -0.39 is 16.1 Å². The van der Waals surface area contributed by atoms with Crippen LogP contribution < -0.4 is 10.6 Å². The number of amides is 2. The van der Waals surface area contributed by atoms with Crippen molar-refractivity contribution in [2.75, 3.05) is 23.4 Å². The molecule has 1 aromatic heterocycles. The minimum atomic E-state index is -3.30. The van der Waals surface area contributed by atoms with Crippen molar-refractivity contribution in [2.45, 2.75) is 39.2 Å². The summed E-state index contributed by atoms with van der Waals surface area (Å²) in [5, 5.41) is 10.9. The molecule has 0 bridgehead atoms. The maximum atomic E-state index is 12.8. The fraction of sp³-hybridized carbons (Fsp3) is 0.333. The van der Waals surface area contributed by atoms with E-state index in [2.05, 4.69) is 10.6 Å². The van der Waals surface area contributed by atoms with Gasteiger partial charge in [-0.3, -0.25) is 5.32 Å². The molecule has 0 saturated heterocycles. The molecule has 4 rings (SSSR count). The van der Waals surface area contributed by atoms with E-state index in [0.29, 0.717) is 41.7 Å². The number of sulfonamides is 1. The number of anilines is 2. The Hall–Kier alpha value is -2.59. The number of halogens is 2. The molecule has 1 aliphatic rings. The van der Waals surface area contributed by atoms with Crippen molar-refractivity contribution in [3.05, 3.63) is 69.3 Å². The van der Waals surface area contributed by atoms with Crippen molar-refractivity contribution >= 4 is 50.8 Å². The molecule has 186 valence electrons. The zero-order valence-corrected chi connectivity index (χ0v) is 22.2. The van der Waals surface area contributed by atoms with Crippen molar-refractivity contribution < 1.29 is 13.2 Å². The summed E-state index contributed by atoms with van der Waals surface area (Å²) in [6.45, 7) is 6.86. The molecule has 0 fully saturated rings. The second-order valence-electron chi connectivity index (χ2n) is 9.56. The van der Waals surface area contributed by atoms with E-state index in [1.165, 1.54) is 10.6 Å². The van der Waals surface area contributed by atoms with Gasteiger partial charge in [0.2, 0.25) is 10.0 Å². The van der Waals surface area contributed by atoms with Crippen LogP contribution in [0.3, 0.4) is 0 Å². The number of carbonyl (C=O) groups excluding carboxylic acids is 1. The van der Waals surface area contributed by atoms with Crippen LogP contribution in [-0.4, -0.2) is 41.3 Å². The van der Waals surface area contributed by atoms with Gasteiger partial charge in [0.25, 0.3) is 0 Å². The molecule has 35 heavy (non-hydrogen) atoms. The monoisotopic (exact) mass is 535 g/mol. The lowest BCUT2D eigenvalue weighted by molar-refractivity contribution is 0.262. The van der Waals surface area contributed by atoms with Gasteiger partial charge in [-0.15, -0.1) is 0 Å². The van der Waals surface area contributed by atoms with Gasteiger partial charge in [0.05, 0.1) is 33.4 Å². The topological polar surface area (TPSA) is 96.3 Å². The number of nitrogens with zero attached hydrogens (tertiary/aromatic N) is 3. The molecule has 11 heteroatoms. The maximum Gasteiger partial charge on any atom is 0.324 e. The van der Waals surface area contributed by atoms with Gasteiger partial charge in [-0.2, -0.15) is 9.40 Å². The highest BCUT2D eigenvalue weighted by atomic mass is 35.5. The van der Waals surface area contributed by atoms with Gasteiger partial charge < -0.3 is 5.32 Å². The minimum absolute atomic E-state index is 0.248. The summed E-state index contributed by atoms with van der Waals surface area (Å²) in [7, 11) is -3.30. The molecule has 2 heterocycles. The van der Waals surface area contributed by atoms with Crippen LogP contribution in [0.2, 0.25) is 10.0 Å². The standard InChI is InChI=1S/C24H27Cl2N5O3S/c1-24(2,3)20-13-21(28-23(32)27-19-7-5-6-18(25)22(19)26)31(29-20)17-9-8-15-10-11-30(35(4,33)34)14-16(15)12-17/h5-9,12-13H,10-11,14H2,1-4H3,(H2,27,28,32). The molecule has 0 unspecified atom stereocenters. The zero-order valence-electron chi connectivity index (χ0n) is 19.9. The Morgan fingerprint density at radius 3 is 2.49 bits per heavy atom. The van der Waals surface area contributed by atoms with Crippen LogP contribution in [0.5, 0.6) is 0 Å². The summed E-state index contributed by atoms with van der Waals surface area (Å²) in [6.07, 6.45) is 1.86. The minimum Gasteiger partial charge on any atom is -0.306 e. The molecule has 0 spiro atoms. The highest BCUT2D eigenvalue weighted by molar-refractivity contribution is 7.88. The number of hydrogen-bond donors (Lipinski definition) is 2. The lowest BCUT2D eigenvalue weighted by atomic mass is 9.92.